The number of ketones is 2. The second-order valence-electron chi connectivity index (χ2n) is 23.7. The van der Waals surface area contributed by atoms with Gasteiger partial charge in [-0.3, -0.25) is 19.2 Å². The van der Waals surface area contributed by atoms with Crippen molar-refractivity contribution >= 4 is 29.1 Å². The van der Waals surface area contributed by atoms with Crippen LogP contribution in [-0.4, -0.2) is 222 Å². The number of rotatable bonds is 11. The Balaban J connectivity index is 1.36. The normalized spacial score (nSPS) is 37.6. The SMILES string of the molecule is CNc1ccc(C(=O)CC(O)CCC(C)C2OC(=O)CC(O)CC(=O)CC(O)CC(O)CC(O)CC(O)CC3(O)CC(O)C(C(=O)N4CCN(C)CC4)C(CC(O[C@@H]4O[C@H](C)[C@@H](O)[C@H](N)[C@@H]4O)/C=C/C=C/C=C/C=C/C=C/C=C/C=C/C2C)O3)cc1. The number of aliphatic hydroxyl groups excluding tert-OH is 9. The number of benzene rings is 1. The molecule has 86 heavy (non-hydrogen) atoms. The molecule has 1 amide bonds. The zero-order valence-corrected chi connectivity index (χ0v) is 50.3. The Labute approximate surface area is 505 Å². The van der Waals surface area contributed by atoms with Crippen molar-refractivity contribution in [2.45, 2.75) is 195 Å². The lowest BCUT2D eigenvalue weighted by Gasteiger charge is -2.47. The van der Waals surface area contributed by atoms with Crippen LogP contribution in [0.4, 0.5) is 5.69 Å². The lowest BCUT2D eigenvalue weighted by Crippen LogP contribution is -2.62. The molecule has 5 rings (SSSR count). The van der Waals surface area contributed by atoms with Crippen molar-refractivity contribution in [1.29, 1.82) is 0 Å². The first kappa shape index (κ1) is 71.6. The van der Waals surface area contributed by atoms with Gasteiger partial charge in [-0.05, 0) is 76.3 Å². The van der Waals surface area contributed by atoms with E-state index < -0.39 is 160 Å². The predicted octanol–water partition coefficient (Wildman–Crippen LogP) is 2.44. The molecule has 480 valence electrons. The lowest BCUT2D eigenvalue weighted by molar-refractivity contribution is -0.308. The van der Waals surface area contributed by atoms with Crippen LogP contribution in [-0.2, 0) is 33.3 Å². The van der Waals surface area contributed by atoms with Crippen molar-refractivity contribution in [2.24, 2.45) is 23.5 Å². The van der Waals surface area contributed by atoms with E-state index in [9.17, 15) is 70.2 Å². The standard InChI is InChI=1S/C64H96N4O18/c1-40-18-16-14-12-10-8-6-7-9-11-13-15-17-19-52(84-63-60(80)58(65)59(79)42(3)83-63)37-55-57(62(81)68-28-26-67(5)27-29-68)54(77)39-64(82,86-55)38-51(75)34-49(73)32-47(71)30-46(70)31-48(72)33-50(74)36-56(78)85-61(40)41(2)20-25-45(69)35-53(76)43-21-23-44(66-4)24-22-43/h6-19,21-24,40-42,45-47,49-52,54-55,57-61,63,66,69-71,73-75,77,79-80,82H,20,25-39,65H2,1-5H3/b7-6+,10-8+,11-9+,14-12+,15-13+,18-16+,19-17+/t40?,41?,42-,45?,46?,47?,49?,50?,51?,52?,54?,55?,57?,58+,59-,60+,61?,63+,64?/m1/s1. The van der Waals surface area contributed by atoms with Crippen molar-refractivity contribution in [3.05, 3.63) is 115 Å². The fourth-order valence-corrected chi connectivity index (χ4v) is 11.3. The molecule has 1 aromatic rings. The van der Waals surface area contributed by atoms with Crippen LogP contribution in [0.3, 0.4) is 0 Å². The molecule has 22 nitrogen and oxygen atoms in total. The third-order valence-electron chi connectivity index (χ3n) is 16.2. The van der Waals surface area contributed by atoms with Gasteiger partial charge in [0.15, 0.2) is 17.9 Å². The Hall–Kier alpha value is -5.12. The molecule has 0 saturated carbocycles. The number of aliphatic hydroxyl groups is 10. The molecule has 0 spiro atoms. The van der Waals surface area contributed by atoms with Crippen molar-refractivity contribution in [3.63, 3.8) is 0 Å². The maximum absolute atomic E-state index is 14.4. The van der Waals surface area contributed by atoms with Gasteiger partial charge in [0.05, 0.1) is 85.5 Å². The van der Waals surface area contributed by atoms with E-state index in [0.29, 0.717) is 38.2 Å². The summed E-state index contributed by atoms with van der Waals surface area (Å²) in [5, 5.41) is 114. The first-order chi connectivity index (χ1) is 40.8. The first-order valence-corrected chi connectivity index (χ1v) is 30.1. The van der Waals surface area contributed by atoms with Crippen LogP contribution in [0.15, 0.2) is 109 Å². The number of allylic oxidation sites excluding steroid dienone is 12. The lowest BCUT2D eigenvalue weighted by atomic mass is 9.81. The molecular weight excluding hydrogens is 1110 g/mol. The zero-order valence-electron chi connectivity index (χ0n) is 50.3. The number of anilines is 1. The van der Waals surface area contributed by atoms with Crippen molar-refractivity contribution < 1.29 is 89.2 Å². The minimum atomic E-state index is -2.27. The molecule has 1 aromatic carbocycles. The third-order valence-corrected chi connectivity index (χ3v) is 16.2. The number of amides is 1. The number of hydrogen-bond donors (Lipinski definition) is 12. The zero-order chi connectivity index (χ0) is 63.1. The second-order valence-corrected chi connectivity index (χ2v) is 23.7. The second kappa shape index (κ2) is 35.8. The Morgan fingerprint density at radius 3 is 1.88 bits per heavy atom. The van der Waals surface area contributed by atoms with E-state index in [2.05, 4.69) is 10.2 Å². The molecule has 4 aliphatic rings. The number of nitrogens with two attached hydrogens (primary N) is 1. The fourth-order valence-electron chi connectivity index (χ4n) is 11.3. The van der Waals surface area contributed by atoms with Gasteiger partial charge >= 0.3 is 5.97 Å². The number of nitrogens with zero attached hydrogens (tertiary/aromatic N) is 2. The van der Waals surface area contributed by atoms with Crippen LogP contribution in [0.25, 0.3) is 0 Å². The van der Waals surface area contributed by atoms with E-state index in [4.69, 9.17) is 24.7 Å². The van der Waals surface area contributed by atoms with Gasteiger partial charge in [0.25, 0.3) is 0 Å². The summed E-state index contributed by atoms with van der Waals surface area (Å²) in [5.74, 6) is -6.22. The molecule has 19 atom stereocenters. The van der Waals surface area contributed by atoms with Gasteiger partial charge in [-0.15, -0.1) is 0 Å². The summed E-state index contributed by atoms with van der Waals surface area (Å²) in [6.07, 6.45) is 3.69. The summed E-state index contributed by atoms with van der Waals surface area (Å²) in [4.78, 5) is 57.4. The molecule has 4 aliphatic heterocycles. The summed E-state index contributed by atoms with van der Waals surface area (Å²) in [5.41, 5.74) is 7.47. The quantitative estimate of drug-likeness (QED) is 0.112. The maximum Gasteiger partial charge on any atom is 0.308 e. The number of carbonyl (C=O) groups is 4. The average molecular weight is 1210 g/mol. The molecule has 0 aromatic heterocycles. The molecule has 22 heteroatoms. The summed E-state index contributed by atoms with van der Waals surface area (Å²) in [7, 11) is 3.69. The Morgan fingerprint density at radius 2 is 1.28 bits per heavy atom. The monoisotopic (exact) mass is 1210 g/mol. The number of ether oxygens (including phenoxy) is 4. The minimum Gasteiger partial charge on any atom is -0.461 e. The van der Waals surface area contributed by atoms with Crippen molar-refractivity contribution in [3.8, 4) is 0 Å². The molecule has 14 unspecified atom stereocenters. The molecule has 0 radical (unpaired) electrons. The number of hydrogen-bond acceptors (Lipinski definition) is 21. The van der Waals surface area contributed by atoms with Gasteiger partial charge in [-0.2, -0.15) is 0 Å². The van der Waals surface area contributed by atoms with Crippen LogP contribution in [0.2, 0.25) is 0 Å². The van der Waals surface area contributed by atoms with E-state index in [1.165, 1.54) is 0 Å². The van der Waals surface area contributed by atoms with Gasteiger partial charge in [-0.1, -0.05) is 98.9 Å². The van der Waals surface area contributed by atoms with E-state index in [1.54, 1.807) is 104 Å². The summed E-state index contributed by atoms with van der Waals surface area (Å²) >= 11 is 0. The van der Waals surface area contributed by atoms with Gasteiger partial charge in [0.2, 0.25) is 5.91 Å². The average Bonchev–Trinajstić information content (AvgIpc) is 1.58. The summed E-state index contributed by atoms with van der Waals surface area (Å²) in [6, 6.07) is 5.79. The topological polar surface area (TPSA) is 352 Å². The highest BCUT2D eigenvalue weighted by Gasteiger charge is 2.52. The Bertz CT molecular complexity index is 2480. The molecule has 2 bridgehead atoms. The summed E-state index contributed by atoms with van der Waals surface area (Å²) < 4.78 is 24.5. The van der Waals surface area contributed by atoms with Gasteiger partial charge in [0, 0.05) is 88.9 Å². The van der Waals surface area contributed by atoms with Crippen LogP contribution in [0.1, 0.15) is 108 Å². The molecule has 4 heterocycles. The van der Waals surface area contributed by atoms with Gasteiger partial charge < -0.3 is 90.9 Å². The van der Waals surface area contributed by atoms with Crippen LogP contribution < -0.4 is 11.1 Å². The smallest absolute Gasteiger partial charge is 0.308 e. The summed E-state index contributed by atoms with van der Waals surface area (Å²) in [6.45, 7) is 7.16. The van der Waals surface area contributed by atoms with Crippen molar-refractivity contribution in [2.75, 3.05) is 45.6 Å². The highest BCUT2D eigenvalue weighted by atomic mass is 16.7. The molecule has 3 saturated heterocycles. The number of likely N-dealkylation sites (N-methyl/N-ethyl adjacent to an activating group) is 1. The number of fused-ring (bicyclic) bond motifs is 2. The fraction of sp³-hybridized carbons (Fsp3) is 0.625. The third kappa shape index (κ3) is 23.8. The van der Waals surface area contributed by atoms with Gasteiger partial charge in [-0.25, -0.2) is 0 Å². The molecular formula is C64H96N4O18. The number of cyclic esters (lactones) is 1. The maximum atomic E-state index is 14.4. The van der Waals surface area contributed by atoms with Crippen molar-refractivity contribution in [1.82, 2.24) is 9.80 Å². The van der Waals surface area contributed by atoms with Crippen LogP contribution in [0.5, 0.6) is 0 Å². The molecule has 13 N–H and O–H groups in total. The molecule has 3 fully saturated rings. The number of esters is 1. The first-order valence-electron chi connectivity index (χ1n) is 30.1. The van der Waals surface area contributed by atoms with Crippen LogP contribution >= 0.6 is 0 Å². The molecule has 0 aliphatic carbocycles. The largest absolute Gasteiger partial charge is 0.461 e. The number of Topliss-reactive ketones (excluding diaryl/α,β-unsaturated/α-hetero) is 2. The number of piperazine rings is 1. The highest BCUT2D eigenvalue weighted by molar-refractivity contribution is 5.96. The number of carbonyl (C=O) groups excluding carboxylic acids is 4. The number of nitrogens with one attached hydrogen (secondary N) is 1. The van der Waals surface area contributed by atoms with E-state index in [1.807, 2.05) is 45.2 Å². The highest BCUT2D eigenvalue weighted by Crippen LogP contribution is 2.39. The Morgan fingerprint density at radius 1 is 0.721 bits per heavy atom. The Kier molecular flexibility index (Phi) is 29.8. The van der Waals surface area contributed by atoms with E-state index in [-0.39, 0.29) is 49.7 Å². The predicted molar refractivity (Wildman–Crippen MR) is 322 cm³/mol. The minimum absolute atomic E-state index is 0.101. The van der Waals surface area contributed by atoms with E-state index >= 15 is 0 Å². The van der Waals surface area contributed by atoms with E-state index in [0.717, 1.165) is 5.69 Å². The van der Waals surface area contributed by atoms with Crippen LogP contribution in [0, 0.1) is 17.8 Å². The van der Waals surface area contributed by atoms with Gasteiger partial charge in [0.1, 0.15) is 18.0 Å².